The number of oxazole rings is 1. The van der Waals surface area contributed by atoms with Gasteiger partial charge in [0.25, 0.3) is 5.91 Å². The summed E-state index contributed by atoms with van der Waals surface area (Å²) in [5.74, 6) is 1.06. The number of hydrogen-bond acceptors (Lipinski definition) is 6. The smallest absolute Gasteiger partial charge is 0.420 e. The highest BCUT2D eigenvalue weighted by Crippen LogP contribution is 2.33. The normalized spacial score (nSPS) is 16.5. The Hall–Kier alpha value is -3.81. The zero-order chi connectivity index (χ0) is 20.0. The van der Waals surface area contributed by atoms with Gasteiger partial charge in [-0.25, -0.2) is 9.80 Å². The number of amides is 1. The molecule has 4 aromatic rings. The first kappa shape index (κ1) is 17.3. The van der Waals surface area contributed by atoms with E-state index in [-0.39, 0.29) is 12.5 Å². The number of rotatable bonds is 4. The van der Waals surface area contributed by atoms with E-state index < -0.39 is 11.8 Å². The molecule has 1 aliphatic heterocycles. The average molecular weight is 391 g/mol. The fraction of sp³-hybridized carbons (Fsp3) is 0.190. The number of para-hydroxylation sites is 2. The molecule has 1 amide bonds. The number of benzene rings is 1. The van der Waals surface area contributed by atoms with Crippen molar-refractivity contribution < 1.29 is 18.0 Å². The van der Waals surface area contributed by atoms with Crippen LogP contribution in [0.2, 0.25) is 0 Å². The largest absolute Gasteiger partial charge is 0.467 e. The lowest BCUT2D eigenvalue weighted by Crippen LogP contribution is -2.32. The Morgan fingerprint density at radius 2 is 2.00 bits per heavy atom. The van der Waals surface area contributed by atoms with Crippen molar-refractivity contribution in [2.75, 3.05) is 0 Å². The van der Waals surface area contributed by atoms with Crippen LogP contribution in [-0.2, 0) is 11.3 Å². The van der Waals surface area contributed by atoms with Crippen LogP contribution in [0.1, 0.15) is 29.7 Å². The van der Waals surface area contributed by atoms with E-state index in [2.05, 4.69) is 5.10 Å². The van der Waals surface area contributed by atoms with Gasteiger partial charge in [-0.2, -0.15) is 5.10 Å². The van der Waals surface area contributed by atoms with Crippen molar-refractivity contribution >= 4 is 22.7 Å². The van der Waals surface area contributed by atoms with Gasteiger partial charge in [-0.05, 0) is 43.3 Å². The third-order valence-corrected chi connectivity index (χ3v) is 4.93. The van der Waals surface area contributed by atoms with Crippen LogP contribution in [0.5, 0.6) is 0 Å². The van der Waals surface area contributed by atoms with Crippen LogP contribution >= 0.6 is 0 Å². The number of carbonyl (C=O) groups excluding carboxylic acids is 1. The van der Waals surface area contributed by atoms with E-state index in [9.17, 15) is 9.59 Å². The predicted molar refractivity (Wildman–Crippen MR) is 103 cm³/mol. The second-order valence-electron chi connectivity index (χ2n) is 6.85. The second kappa shape index (κ2) is 6.66. The highest BCUT2D eigenvalue weighted by molar-refractivity contribution is 6.01. The quantitative estimate of drug-likeness (QED) is 0.531. The first-order valence-corrected chi connectivity index (χ1v) is 9.18. The number of aryl methyl sites for hydroxylation is 1. The van der Waals surface area contributed by atoms with Crippen molar-refractivity contribution in [3.8, 4) is 0 Å². The van der Waals surface area contributed by atoms with Crippen molar-refractivity contribution in [2.24, 2.45) is 5.10 Å². The lowest BCUT2D eigenvalue weighted by molar-refractivity contribution is -0.134. The van der Waals surface area contributed by atoms with Gasteiger partial charge >= 0.3 is 5.76 Å². The number of furan rings is 2. The predicted octanol–water partition coefficient (Wildman–Crippen LogP) is 3.47. The maximum absolute atomic E-state index is 13.1. The highest BCUT2D eigenvalue weighted by Gasteiger charge is 2.36. The van der Waals surface area contributed by atoms with Gasteiger partial charge in [-0.15, -0.1) is 0 Å². The van der Waals surface area contributed by atoms with Crippen LogP contribution in [-0.4, -0.2) is 21.2 Å². The Labute approximate surface area is 164 Å². The molecule has 3 aromatic heterocycles. The Kier molecular flexibility index (Phi) is 3.97. The SMILES string of the molecule is Cc1ccc(C2=NN(C(=O)Cn3c(=O)oc4ccccc43)[C@@H](c3ccco3)C2)o1. The minimum absolute atomic E-state index is 0.193. The molecule has 0 N–H and O–H groups in total. The van der Waals surface area contributed by atoms with E-state index in [1.165, 1.54) is 9.58 Å². The summed E-state index contributed by atoms with van der Waals surface area (Å²) < 4.78 is 17.7. The van der Waals surface area contributed by atoms with Crippen LogP contribution in [0.25, 0.3) is 11.1 Å². The Bertz CT molecular complexity index is 1280. The summed E-state index contributed by atoms with van der Waals surface area (Å²) in [6.45, 7) is 1.66. The molecule has 1 aromatic carbocycles. The van der Waals surface area contributed by atoms with Crippen LogP contribution in [0, 0.1) is 6.92 Å². The standard InChI is InChI=1S/C21H17N3O5/c1-13-8-9-17(28-13)14-11-16(18-7-4-10-27-18)24(22-14)20(25)12-23-15-5-2-3-6-19(15)29-21(23)26/h2-10,16H,11-12H2,1H3/t16-/m1/s1. The van der Waals surface area contributed by atoms with E-state index in [1.807, 2.05) is 19.1 Å². The van der Waals surface area contributed by atoms with Crippen molar-refractivity contribution in [1.82, 2.24) is 9.58 Å². The van der Waals surface area contributed by atoms with Gasteiger partial charge in [0.2, 0.25) is 0 Å². The third kappa shape index (κ3) is 2.98. The van der Waals surface area contributed by atoms with Crippen molar-refractivity contribution in [3.05, 3.63) is 82.6 Å². The molecule has 8 heteroatoms. The van der Waals surface area contributed by atoms with Gasteiger partial charge in [0, 0.05) is 6.42 Å². The molecule has 29 heavy (non-hydrogen) atoms. The molecule has 0 aliphatic carbocycles. The Balaban J connectivity index is 1.50. The van der Waals surface area contributed by atoms with Crippen LogP contribution < -0.4 is 5.76 Å². The third-order valence-electron chi connectivity index (χ3n) is 4.93. The summed E-state index contributed by atoms with van der Waals surface area (Å²) in [5.41, 5.74) is 1.65. The number of hydrazone groups is 1. The van der Waals surface area contributed by atoms with Gasteiger partial charge < -0.3 is 13.3 Å². The van der Waals surface area contributed by atoms with E-state index >= 15 is 0 Å². The average Bonchev–Trinajstić information content (AvgIpc) is 3.48. The molecule has 146 valence electrons. The molecule has 0 fully saturated rings. The van der Waals surface area contributed by atoms with Crippen molar-refractivity contribution in [1.29, 1.82) is 0 Å². The first-order valence-electron chi connectivity index (χ1n) is 9.18. The van der Waals surface area contributed by atoms with Gasteiger partial charge in [-0.1, -0.05) is 12.1 Å². The molecule has 0 unspecified atom stereocenters. The van der Waals surface area contributed by atoms with E-state index in [0.29, 0.717) is 34.8 Å². The van der Waals surface area contributed by atoms with Gasteiger partial charge in [0.15, 0.2) is 5.58 Å². The van der Waals surface area contributed by atoms with E-state index in [1.54, 1.807) is 42.7 Å². The number of hydrogen-bond donors (Lipinski definition) is 0. The molecule has 1 atom stereocenters. The number of aromatic nitrogens is 1. The highest BCUT2D eigenvalue weighted by atomic mass is 16.4. The number of nitrogens with zero attached hydrogens (tertiary/aromatic N) is 3. The summed E-state index contributed by atoms with van der Waals surface area (Å²) in [5, 5.41) is 5.86. The number of fused-ring (bicyclic) bond motifs is 1. The second-order valence-corrected chi connectivity index (χ2v) is 6.85. The Morgan fingerprint density at radius 3 is 2.76 bits per heavy atom. The summed E-state index contributed by atoms with van der Waals surface area (Å²) in [7, 11) is 0. The topological polar surface area (TPSA) is 94.1 Å². The zero-order valence-corrected chi connectivity index (χ0v) is 15.6. The van der Waals surface area contributed by atoms with Crippen LogP contribution in [0.15, 0.2) is 77.9 Å². The summed E-state index contributed by atoms with van der Waals surface area (Å²) >= 11 is 0. The molecule has 0 radical (unpaired) electrons. The fourth-order valence-corrected chi connectivity index (χ4v) is 3.55. The van der Waals surface area contributed by atoms with Gasteiger partial charge in [0.05, 0.1) is 11.8 Å². The summed E-state index contributed by atoms with van der Waals surface area (Å²) in [4.78, 5) is 25.4. The maximum atomic E-state index is 13.1. The molecule has 5 rings (SSSR count). The lowest BCUT2D eigenvalue weighted by Gasteiger charge is -2.19. The molecule has 0 spiro atoms. The molecule has 8 nitrogen and oxygen atoms in total. The first-order chi connectivity index (χ1) is 14.1. The molecule has 4 heterocycles. The minimum Gasteiger partial charge on any atom is -0.467 e. The van der Waals surface area contributed by atoms with Gasteiger partial charge in [0.1, 0.15) is 35.6 Å². The molecule has 0 bridgehead atoms. The van der Waals surface area contributed by atoms with Gasteiger partial charge in [-0.3, -0.25) is 9.36 Å². The molecular formula is C21H17N3O5. The molecule has 0 saturated heterocycles. The Morgan fingerprint density at radius 1 is 1.14 bits per heavy atom. The van der Waals surface area contributed by atoms with E-state index in [4.69, 9.17) is 13.3 Å². The lowest BCUT2D eigenvalue weighted by atomic mass is 10.1. The maximum Gasteiger partial charge on any atom is 0.420 e. The molecule has 0 saturated carbocycles. The zero-order valence-electron chi connectivity index (χ0n) is 15.6. The fourth-order valence-electron chi connectivity index (χ4n) is 3.55. The minimum atomic E-state index is -0.584. The number of carbonyl (C=O) groups is 1. The molecular weight excluding hydrogens is 374 g/mol. The van der Waals surface area contributed by atoms with E-state index in [0.717, 1.165) is 5.76 Å². The summed E-state index contributed by atoms with van der Waals surface area (Å²) in [6.07, 6.45) is 2.01. The van der Waals surface area contributed by atoms with Crippen LogP contribution in [0.4, 0.5) is 0 Å². The van der Waals surface area contributed by atoms with Crippen molar-refractivity contribution in [3.63, 3.8) is 0 Å². The monoisotopic (exact) mass is 391 g/mol. The molecule has 1 aliphatic rings. The van der Waals surface area contributed by atoms with Crippen LogP contribution in [0.3, 0.4) is 0 Å². The summed E-state index contributed by atoms with van der Waals surface area (Å²) in [6, 6.07) is 13.8. The van der Waals surface area contributed by atoms with Crippen molar-refractivity contribution in [2.45, 2.75) is 25.9 Å².